The summed E-state index contributed by atoms with van der Waals surface area (Å²) < 4.78 is 0. The molecule has 3 N–H and O–H groups in total. The second-order valence-corrected chi connectivity index (χ2v) is 8.18. The highest BCUT2D eigenvalue weighted by Crippen LogP contribution is 2.30. The Morgan fingerprint density at radius 3 is 2.13 bits per heavy atom. The summed E-state index contributed by atoms with van der Waals surface area (Å²) in [5.41, 5.74) is 1.33. The van der Waals surface area contributed by atoms with Crippen LogP contribution in [0.25, 0.3) is 0 Å². The number of benzene rings is 2. The molecule has 1 aliphatic carbocycles. The van der Waals surface area contributed by atoms with Crippen LogP contribution in [0.5, 0.6) is 0 Å². The van der Waals surface area contributed by atoms with Gasteiger partial charge >= 0.3 is 6.03 Å². The second kappa shape index (κ2) is 10.3. The van der Waals surface area contributed by atoms with Gasteiger partial charge in [-0.05, 0) is 38.1 Å². The van der Waals surface area contributed by atoms with Gasteiger partial charge in [-0.3, -0.25) is 4.79 Å². The molecule has 0 heterocycles. The predicted octanol–water partition coefficient (Wildman–Crippen LogP) is 3.22. The minimum Gasteiger partial charge on any atom is -0.352 e. The molecule has 1 aliphatic rings. The molecule has 0 radical (unpaired) electrons. The first-order valence-corrected chi connectivity index (χ1v) is 10.6. The van der Waals surface area contributed by atoms with Crippen LogP contribution in [0.4, 0.5) is 4.79 Å². The summed E-state index contributed by atoms with van der Waals surface area (Å²) in [5, 5.41) is 8.96. The predicted molar refractivity (Wildman–Crippen MR) is 119 cm³/mol. The average Bonchev–Trinajstić information content (AvgIpc) is 3.23. The molecule has 1 saturated carbocycles. The van der Waals surface area contributed by atoms with Crippen LogP contribution in [0.1, 0.15) is 42.9 Å². The number of nitrogens with one attached hydrogen (secondary N) is 3. The Bertz CT molecular complexity index is 818. The lowest BCUT2D eigenvalue weighted by molar-refractivity contribution is -0.127. The summed E-state index contributed by atoms with van der Waals surface area (Å²) in [6.07, 6.45) is 3.19. The number of carbonyl (C=O) groups excluding carboxylic acids is 2. The van der Waals surface area contributed by atoms with Gasteiger partial charge in [-0.15, -0.1) is 0 Å². The Hall–Kier alpha value is -2.86. The van der Waals surface area contributed by atoms with Crippen LogP contribution in [0.2, 0.25) is 0 Å². The topological polar surface area (TPSA) is 73.5 Å². The number of nitrogens with zero attached hydrogens (tertiary/aromatic N) is 1. The maximum atomic E-state index is 13.2. The molecule has 1 atom stereocenters. The van der Waals surface area contributed by atoms with Crippen LogP contribution in [0.3, 0.4) is 0 Å². The van der Waals surface area contributed by atoms with Crippen molar-refractivity contribution in [1.82, 2.24) is 20.9 Å². The number of urea groups is 1. The standard InChI is InChI=1S/C24H32N4O2/c1-28(2)21(20-13-7-4-8-14-20)18-25-22(29)24(15-9-10-16-24)27-23(30)26-17-19-11-5-3-6-12-19/h3-8,11-14,21H,9-10,15-18H2,1-2H3,(H,25,29)(H2,26,27,30). The van der Waals surface area contributed by atoms with E-state index in [0.717, 1.165) is 24.0 Å². The van der Waals surface area contributed by atoms with Crippen molar-refractivity contribution >= 4 is 11.9 Å². The van der Waals surface area contributed by atoms with E-state index in [1.165, 1.54) is 0 Å². The van der Waals surface area contributed by atoms with E-state index in [1.54, 1.807) is 0 Å². The lowest BCUT2D eigenvalue weighted by atomic mass is 9.96. The third kappa shape index (κ3) is 5.60. The van der Waals surface area contributed by atoms with Crippen LogP contribution < -0.4 is 16.0 Å². The minimum absolute atomic E-state index is 0.0699. The lowest BCUT2D eigenvalue weighted by Crippen LogP contribution is -2.59. The number of rotatable bonds is 8. The van der Waals surface area contributed by atoms with Gasteiger partial charge in [0, 0.05) is 13.1 Å². The Morgan fingerprint density at radius 2 is 1.53 bits per heavy atom. The van der Waals surface area contributed by atoms with E-state index >= 15 is 0 Å². The van der Waals surface area contributed by atoms with Crippen molar-refractivity contribution in [1.29, 1.82) is 0 Å². The molecule has 2 aromatic rings. The van der Waals surface area contributed by atoms with Gasteiger partial charge in [-0.2, -0.15) is 0 Å². The average molecular weight is 409 g/mol. The highest BCUT2D eigenvalue weighted by Gasteiger charge is 2.42. The van der Waals surface area contributed by atoms with Crippen molar-refractivity contribution in [3.8, 4) is 0 Å². The van der Waals surface area contributed by atoms with E-state index in [-0.39, 0.29) is 18.0 Å². The van der Waals surface area contributed by atoms with Crippen molar-refractivity contribution < 1.29 is 9.59 Å². The summed E-state index contributed by atoms with van der Waals surface area (Å²) in [6, 6.07) is 19.6. The SMILES string of the molecule is CN(C)C(CNC(=O)C1(NC(=O)NCc2ccccc2)CCCC1)c1ccccc1. The molecule has 160 valence electrons. The lowest BCUT2D eigenvalue weighted by Gasteiger charge is -2.31. The molecule has 3 rings (SSSR count). The van der Waals surface area contributed by atoms with Crippen LogP contribution in [0, 0.1) is 0 Å². The van der Waals surface area contributed by atoms with Gasteiger partial charge in [0.2, 0.25) is 5.91 Å². The highest BCUT2D eigenvalue weighted by atomic mass is 16.2. The van der Waals surface area contributed by atoms with Crippen molar-refractivity contribution in [2.75, 3.05) is 20.6 Å². The fraction of sp³-hybridized carbons (Fsp3) is 0.417. The first-order chi connectivity index (χ1) is 14.5. The fourth-order valence-corrected chi connectivity index (χ4v) is 4.06. The van der Waals surface area contributed by atoms with E-state index in [2.05, 4.69) is 33.0 Å². The fourth-order valence-electron chi connectivity index (χ4n) is 4.06. The van der Waals surface area contributed by atoms with Crippen LogP contribution >= 0.6 is 0 Å². The number of hydrogen-bond acceptors (Lipinski definition) is 3. The summed E-state index contributed by atoms with van der Waals surface area (Å²) in [5.74, 6) is -0.0994. The molecule has 3 amide bonds. The van der Waals surface area contributed by atoms with Gasteiger partial charge in [0.05, 0.1) is 6.04 Å². The zero-order valence-corrected chi connectivity index (χ0v) is 17.9. The number of carbonyl (C=O) groups is 2. The maximum Gasteiger partial charge on any atom is 0.315 e. The van der Waals surface area contributed by atoms with Crippen molar-refractivity contribution in [2.45, 2.75) is 43.8 Å². The molecular formula is C24H32N4O2. The zero-order chi connectivity index (χ0) is 21.4. The minimum atomic E-state index is -0.839. The number of hydrogen-bond donors (Lipinski definition) is 3. The van der Waals surface area contributed by atoms with E-state index in [4.69, 9.17) is 0 Å². The zero-order valence-electron chi connectivity index (χ0n) is 17.9. The summed E-state index contributed by atoms with van der Waals surface area (Å²) in [6.45, 7) is 0.923. The molecule has 1 fully saturated rings. The van der Waals surface area contributed by atoms with Crippen LogP contribution in [-0.2, 0) is 11.3 Å². The Morgan fingerprint density at radius 1 is 0.933 bits per heavy atom. The Balaban J connectivity index is 1.60. The molecular weight excluding hydrogens is 376 g/mol. The third-order valence-corrected chi connectivity index (χ3v) is 5.80. The molecule has 0 saturated heterocycles. The van der Waals surface area contributed by atoms with E-state index in [0.29, 0.717) is 25.9 Å². The quantitative estimate of drug-likeness (QED) is 0.628. The molecule has 0 spiro atoms. The molecule has 30 heavy (non-hydrogen) atoms. The first kappa shape index (κ1) is 21.8. The molecule has 0 aromatic heterocycles. The van der Waals surface area contributed by atoms with Gasteiger partial charge in [0.15, 0.2) is 0 Å². The normalized spacial score (nSPS) is 16.1. The monoisotopic (exact) mass is 408 g/mol. The molecule has 0 bridgehead atoms. The van der Waals surface area contributed by atoms with Crippen molar-refractivity contribution in [2.24, 2.45) is 0 Å². The first-order valence-electron chi connectivity index (χ1n) is 10.6. The van der Waals surface area contributed by atoms with Gasteiger partial charge in [-0.25, -0.2) is 4.79 Å². The largest absolute Gasteiger partial charge is 0.352 e. The van der Waals surface area contributed by atoms with Crippen LogP contribution in [-0.4, -0.2) is 43.0 Å². The van der Waals surface area contributed by atoms with Gasteiger partial charge < -0.3 is 20.9 Å². The summed E-state index contributed by atoms with van der Waals surface area (Å²) in [7, 11) is 4.01. The van der Waals surface area contributed by atoms with Gasteiger partial charge in [0.1, 0.15) is 5.54 Å². The number of amides is 3. The molecule has 6 nitrogen and oxygen atoms in total. The van der Waals surface area contributed by atoms with E-state index < -0.39 is 5.54 Å². The number of likely N-dealkylation sites (N-methyl/N-ethyl adjacent to an activating group) is 1. The molecule has 2 aromatic carbocycles. The smallest absolute Gasteiger partial charge is 0.315 e. The molecule has 0 aliphatic heterocycles. The molecule has 1 unspecified atom stereocenters. The van der Waals surface area contributed by atoms with Gasteiger partial charge in [-0.1, -0.05) is 73.5 Å². The van der Waals surface area contributed by atoms with E-state index in [9.17, 15) is 9.59 Å². The maximum absolute atomic E-state index is 13.2. The van der Waals surface area contributed by atoms with Crippen molar-refractivity contribution in [3.05, 3.63) is 71.8 Å². The molecule has 6 heteroatoms. The van der Waals surface area contributed by atoms with Crippen molar-refractivity contribution in [3.63, 3.8) is 0 Å². The van der Waals surface area contributed by atoms with Crippen LogP contribution in [0.15, 0.2) is 60.7 Å². The summed E-state index contributed by atoms with van der Waals surface area (Å²) in [4.78, 5) is 27.8. The highest BCUT2D eigenvalue weighted by molar-refractivity contribution is 5.91. The summed E-state index contributed by atoms with van der Waals surface area (Å²) >= 11 is 0. The second-order valence-electron chi connectivity index (χ2n) is 8.18. The van der Waals surface area contributed by atoms with Gasteiger partial charge in [0.25, 0.3) is 0 Å². The Labute approximate surface area is 179 Å². The third-order valence-electron chi connectivity index (χ3n) is 5.80. The van der Waals surface area contributed by atoms with E-state index in [1.807, 2.05) is 62.6 Å². The Kier molecular flexibility index (Phi) is 7.46.